The predicted molar refractivity (Wildman–Crippen MR) is 77.1 cm³/mol. The van der Waals surface area contributed by atoms with E-state index in [0.29, 0.717) is 12.3 Å². The molecule has 0 aliphatic rings. The van der Waals surface area contributed by atoms with Crippen molar-refractivity contribution in [3.63, 3.8) is 0 Å². The average Bonchev–Trinajstić information content (AvgIpc) is 2.37. The van der Waals surface area contributed by atoms with Crippen LogP contribution in [0.2, 0.25) is 0 Å². The van der Waals surface area contributed by atoms with Gasteiger partial charge in [0.05, 0.1) is 9.82 Å². The lowest BCUT2D eigenvalue weighted by atomic mass is 10.1. The van der Waals surface area contributed by atoms with Gasteiger partial charge in [-0.1, -0.05) is 13.8 Å². The molecule has 118 valence electrons. The largest absolute Gasteiger partial charge is 0.306 e. The Labute approximate surface area is 123 Å². The van der Waals surface area contributed by atoms with Crippen molar-refractivity contribution in [1.29, 1.82) is 0 Å². The van der Waals surface area contributed by atoms with E-state index in [2.05, 4.69) is 4.72 Å². The standard InChI is InChI=1S/C13H19FN2O4S/c1-9(2)5-4-6-15-21(19,20)11-7-10(3)13(14)12(8-11)16(17)18/h7-9,15H,4-6H2,1-3H3. The van der Waals surface area contributed by atoms with E-state index in [0.717, 1.165) is 18.6 Å². The van der Waals surface area contributed by atoms with E-state index < -0.39 is 26.5 Å². The Morgan fingerprint density at radius 3 is 2.52 bits per heavy atom. The number of hydrogen-bond donors (Lipinski definition) is 1. The van der Waals surface area contributed by atoms with Crippen molar-refractivity contribution in [3.05, 3.63) is 33.6 Å². The van der Waals surface area contributed by atoms with Crippen LogP contribution in [0.25, 0.3) is 0 Å². The molecule has 0 amide bonds. The van der Waals surface area contributed by atoms with Gasteiger partial charge in [0.15, 0.2) is 0 Å². The number of nitro benzene ring substituents is 1. The van der Waals surface area contributed by atoms with Gasteiger partial charge in [0.25, 0.3) is 0 Å². The number of halogens is 1. The second-order valence-corrected chi connectivity index (χ2v) is 7.03. The van der Waals surface area contributed by atoms with Crippen molar-refractivity contribution < 1.29 is 17.7 Å². The first-order valence-electron chi connectivity index (χ1n) is 6.59. The lowest BCUT2D eigenvalue weighted by Gasteiger charge is -2.09. The maximum Gasteiger partial charge on any atom is 0.306 e. The van der Waals surface area contributed by atoms with Gasteiger partial charge in [-0.25, -0.2) is 13.1 Å². The van der Waals surface area contributed by atoms with Crippen LogP contribution >= 0.6 is 0 Å². The first-order valence-corrected chi connectivity index (χ1v) is 8.07. The number of aryl methyl sites for hydroxylation is 1. The Hall–Kier alpha value is -1.54. The summed E-state index contributed by atoms with van der Waals surface area (Å²) in [4.78, 5) is 9.51. The van der Waals surface area contributed by atoms with Crippen LogP contribution in [0, 0.1) is 28.8 Å². The Kier molecular flexibility index (Phi) is 5.79. The van der Waals surface area contributed by atoms with Crippen molar-refractivity contribution >= 4 is 15.7 Å². The second-order valence-electron chi connectivity index (χ2n) is 5.26. The summed E-state index contributed by atoms with van der Waals surface area (Å²) in [5.41, 5.74) is -0.913. The number of hydrogen-bond acceptors (Lipinski definition) is 4. The van der Waals surface area contributed by atoms with E-state index in [1.165, 1.54) is 6.92 Å². The average molecular weight is 318 g/mol. The molecular weight excluding hydrogens is 299 g/mol. The van der Waals surface area contributed by atoms with Crippen LogP contribution in [-0.2, 0) is 10.0 Å². The molecule has 1 aromatic rings. The molecule has 0 fully saturated rings. The van der Waals surface area contributed by atoms with Crippen molar-refractivity contribution in [3.8, 4) is 0 Å². The fourth-order valence-corrected chi connectivity index (χ4v) is 2.99. The topological polar surface area (TPSA) is 89.3 Å². The molecular formula is C13H19FN2O4S. The molecule has 0 radical (unpaired) electrons. The molecule has 1 N–H and O–H groups in total. The SMILES string of the molecule is Cc1cc(S(=O)(=O)NCCCC(C)C)cc([N+](=O)[O-])c1F. The van der Waals surface area contributed by atoms with Crippen molar-refractivity contribution in [2.24, 2.45) is 5.92 Å². The molecule has 0 aliphatic carbocycles. The molecule has 8 heteroatoms. The third kappa shape index (κ3) is 4.75. The Balaban J connectivity index is 2.96. The van der Waals surface area contributed by atoms with Crippen molar-refractivity contribution in [1.82, 2.24) is 4.72 Å². The fraction of sp³-hybridized carbons (Fsp3) is 0.538. The highest BCUT2D eigenvalue weighted by Gasteiger charge is 2.23. The molecule has 0 aliphatic heterocycles. The molecule has 0 saturated carbocycles. The third-order valence-corrected chi connectivity index (χ3v) is 4.41. The predicted octanol–water partition coefficient (Wildman–Crippen LogP) is 2.76. The van der Waals surface area contributed by atoms with Gasteiger partial charge in [0.2, 0.25) is 15.8 Å². The van der Waals surface area contributed by atoms with Crippen LogP contribution in [0.5, 0.6) is 0 Å². The zero-order valence-electron chi connectivity index (χ0n) is 12.2. The monoisotopic (exact) mass is 318 g/mol. The summed E-state index contributed by atoms with van der Waals surface area (Å²) < 4.78 is 40.0. The zero-order chi connectivity index (χ0) is 16.2. The van der Waals surface area contributed by atoms with Gasteiger partial charge in [0.1, 0.15) is 0 Å². The highest BCUT2D eigenvalue weighted by molar-refractivity contribution is 7.89. The summed E-state index contributed by atoms with van der Waals surface area (Å²) in [5, 5.41) is 10.7. The molecule has 6 nitrogen and oxygen atoms in total. The first kappa shape index (κ1) is 17.5. The number of rotatable bonds is 7. The van der Waals surface area contributed by atoms with Crippen molar-refractivity contribution in [2.75, 3.05) is 6.54 Å². The van der Waals surface area contributed by atoms with Crippen LogP contribution in [0.4, 0.5) is 10.1 Å². The molecule has 0 heterocycles. The smallest absolute Gasteiger partial charge is 0.258 e. The number of nitro groups is 1. The van der Waals surface area contributed by atoms with E-state index in [-0.39, 0.29) is 17.0 Å². The second kappa shape index (κ2) is 6.95. The quantitative estimate of drug-likeness (QED) is 0.475. The lowest BCUT2D eigenvalue weighted by molar-refractivity contribution is -0.387. The van der Waals surface area contributed by atoms with Gasteiger partial charge in [-0.3, -0.25) is 10.1 Å². The maximum absolute atomic E-state index is 13.6. The van der Waals surface area contributed by atoms with Gasteiger partial charge in [-0.05, 0) is 37.3 Å². The Bertz CT molecular complexity index is 629. The van der Waals surface area contributed by atoms with E-state index in [1.54, 1.807) is 0 Å². The molecule has 0 aromatic heterocycles. The molecule has 1 aromatic carbocycles. The van der Waals surface area contributed by atoms with Gasteiger partial charge in [0, 0.05) is 12.6 Å². The summed E-state index contributed by atoms with van der Waals surface area (Å²) >= 11 is 0. The fourth-order valence-electron chi connectivity index (χ4n) is 1.81. The summed E-state index contributed by atoms with van der Waals surface area (Å²) in [7, 11) is -3.87. The molecule has 0 saturated heterocycles. The van der Waals surface area contributed by atoms with E-state index in [1.807, 2.05) is 13.8 Å². The Morgan fingerprint density at radius 2 is 2.00 bits per heavy atom. The highest BCUT2D eigenvalue weighted by atomic mass is 32.2. The van der Waals surface area contributed by atoms with Crippen LogP contribution < -0.4 is 4.72 Å². The van der Waals surface area contributed by atoms with Crippen LogP contribution in [0.3, 0.4) is 0 Å². The summed E-state index contributed by atoms with van der Waals surface area (Å²) in [6.07, 6.45) is 1.53. The van der Waals surface area contributed by atoms with Gasteiger partial charge in [-0.15, -0.1) is 0 Å². The normalized spacial score (nSPS) is 11.9. The molecule has 0 bridgehead atoms. The molecule has 0 unspecified atom stereocenters. The minimum absolute atomic E-state index is 0.0771. The molecule has 0 spiro atoms. The van der Waals surface area contributed by atoms with Gasteiger partial charge in [-0.2, -0.15) is 4.39 Å². The minimum Gasteiger partial charge on any atom is -0.258 e. The van der Waals surface area contributed by atoms with Gasteiger partial charge >= 0.3 is 5.69 Å². The summed E-state index contributed by atoms with van der Waals surface area (Å²) in [5.74, 6) is -0.553. The van der Waals surface area contributed by atoms with Crippen molar-refractivity contribution in [2.45, 2.75) is 38.5 Å². The molecule has 21 heavy (non-hydrogen) atoms. The van der Waals surface area contributed by atoms with Crippen LogP contribution in [-0.4, -0.2) is 19.9 Å². The van der Waals surface area contributed by atoms with E-state index in [9.17, 15) is 22.9 Å². The molecule has 0 atom stereocenters. The zero-order valence-corrected chi connectivity index (χ0v) is 13.0. The van der Waals surface area contributed by atoms with E-state index in [4.69, 9.17) is 0 Å². The highest BCUT2D eigenvalue weighted by Crippen LogP contribution is 2.25. The van der Waals surface area contributed by atoms with Crippen LogP contribution in [0.15, 0.2) is 17.0 Å². The number of nitrogens with zero attached hydrogens (tertiary/aromatic N) is 1. The number of sulfonamides is 1. The van der Waals surface area contributed by atoms with Crippen LogP contribution in [0.1, 0.15) is 32.3 Å². The third-order valence-electron chi connectivity index (χ3n) is 2.97. The summed E-state index contributed by atoms with van der Waals surface area (Å²) in [6, 6.07) is 1.83. The van der Waals surface area contributed by atoms with Gasteiger partial charge < -0.3 is 0 Å². The first-order chi connectivity index (χ1) is 9.65. The van der Waals surface area contributed by atoms with E-state index >= 15 is 0 Å². The number of nitrogens with one attached hydrogen (secondary N) is 1. The molecule has 1 rings (SSSR count). The minimum atomic E-state index is -3.87. The number of benzene rings is 1. The maximum atomic E-state index is 13.6. The Morgan fingerprint density at radius 1 is 1.38 bits per heavy atom. The summed E-state index contributed by atoms with van der Waals surface area (Å²) in [6.45, 7) is 5.59. The lowest BCUT2D eigenvalue weighted by Crippen LogP contribution is -2.25.